The quantitative estimate of drug-likeness (QED) is 0.799. The van der Waals surface area contributed by atoms with Gasteiger partial charge < -0.3 is 14.4 Å². The van der Waals surface area contributed by atoms with Gasteiger partial charge in [0.05, 0.1) is 20.3 Å². The first kappa shape index (κ1) is 12.8. The van der Waals surface area contributed by atoms with E-state index in [4.69, 9.17) is 9.47 Å². The smallest absolute Gasteiger partial charge is 0.218 e. The molecule has 1 aliphatic heterocycles. The average Bonchev–Trinajstić information content (AvgIpc) is 2.39. The lowest BCUT2D eigenvalue weighted by atomic mass is 10.1. The molecule has 0 bridgehead atoms. The molecule has 2 rings (SSSR count). The van der Waals surface area contributed by atoms with E-state index in [0.717, 1.165) is 24.3 Å². The molecule has 0 aliphatic carbocycles. The van der Waals surface area contributed by atoms with Crippen LogP contribution in [-0.4, -0.2) is 44.2 Å². The highest BCUT2D eigenvalue weighted by Gasteiger charge is 2.19. The van der Waals surface area contributed by atoms with E-state index in [-0.39, 0.29) is 5.78 Å². The summed E-state index contributed by atoms with van der Waals surface area (Å²) in [6, 6.07) is 1.94. The van der Waals surface area contributed by atoms with Gasteiger partial charge in [-0.3, -0.25) is 4.79 Å². The van der Waals surface area contributed by atoms with Crippen molar-refractivity contribution in [3.63, 3.8) is 0 Å². The molecule has 1 aromatic heterocycles. The highest BCUT2D eigenvalue weighted by atomic mass is 16.5. The summed E-state index contributed by atoms with van der Waals surface area (Å²) in [7, 11) is 1.58. The fourth-order valence-electron chi connectivity index (χ4n) is 2.16. The van der Waals surface area contributed by atoms with Crippen molar-refractivity contribution in [1.82, 2.24) is 4.98 Å². The van der Waals surface area contributed by atoms with E-state index in [2.05, 4.69) is 9.88 Å². The number of carbonyl (C=O) groups excluding carboxylic acids is 1. The summed E-state index contributed by atoms with van der Waals surface area (Å²) in [4.78, 5) is 17.8. The third kappa shape index (κ3) is 2.79. The Balaban J connectivity index is 2.34. The average molecular weight is 250 g/mol. The Morgan fingerprint density at radius 1 is 1.50 bits per heavy atom. The Morgan fingerprint density at radius 2 is 2.22 bits per heavy atom. The number of hydrogen-bond acceptors (Lipinski definition) is 5. The fourth-order valence-corrected chi connectivity index (χ4v) is 2.16. The number of pyridine rings is 1. The van der Waals surface area contributed by atoms with Crippen molar-refractivity contribution in [2.75, 3.05) is 38.3 Å². The highest BCUT2D eigenvalue weighted by Crippen LogP contribution is 2.28. The molecular weight excluding hydrogens is 232 g/mol. The minimum Gasteiger partial charge on any atom is -0.481 e. The molecule has 1 aromatic rings. The summed E-state index contributed by atoms with van der Waals surface area (Å²) < 4.78 is 10.6. The van der Waals surface area contributed by atoms with Crippen LogP contribution in [0.3, 0.4) is 0 Å². The van der Waals surface area contributed by atoms with Crippen LogP contribution in [0.15, 0.2) is 12.3 Å². The van der Waals surface area contributed by atoms with Crippen LogP contribution < -0.4 is 9.64 Å². The van der Waals surface area contributed by atoms with Crippen LogP contribution in [0, 0.1) is 0 Å². The summed E-state index contributed by atoms with van der Waals surface area (Å²) >= 11 is 0. The van der Waals surface area contributed by atoms with Gasteiger partial charge in [0, 0.05) is 37.0 Å². The highest BCUT2D eigenvalue weighted by molar-refractivity contribution is 5.81. The molecule has 0 saturated carbocycles. The second-order valence-electron chi connectivity index (χ2n) is 4.30. The van der Waals surface area contributed by atoms with E-state index >= 15 is 0 Å². The van der Waals surface area contributed by atoms with Gasteiger partial charge in [-0.2, -0.15) is 0 Å². The van der Waals surface area contributed by atoms with Crippen LogP contribution in [0.4, 0.5) is 5.69 Å². The number of ether oxygens (including phenoxy) is 2. The van der Waals surface area contributed by atoms with Crippen molar-refractivity contribution in [2.24, 2.45) is 0 Å². The van der Waals surface area contributed by atoms with Crippen LogP contribution in [0.1, 0.15) is 12.5 Å². The molecule has 98 valence electrons. The standard InChI is InChI=1S/C13H18N2O3/c1-10(16)9-11-12(3-4-14-13(11)17-2)15-5-7-18-8-6-15/h3-4H,5-9H2,1-2H3. The van der Waals surface area contributed by atoms with Crippen molar-refractivity contribution in [2.45, 2.75) is 13.3 Å². The van der Waals surface area contributed by atoms with E-state index in [1.807, 2.05) is 6.07 Å². The molecule has 1 aliphatic rings. The summed E-state index contributed by atoms with van der Waals surface area (Å²) in [5.41, 5.74) is 1.90. The summed E-state index contributed by atoms with van der Waals surface area (Å²) in [6.07, 6.45) is 2.07. The van der Waals surface area contributed by atoms with Crippen LogP contribution in [0.2, 0.25) is 0 Å². The molecule has 0 unspecified atom stereocenters. The SMILES string of the molecule is COc1nccc(N2CCOCC2)c1CC(C)=O. The molecule has 5 nitrogen and oxygen atoms in total. The van der Waals surface area contributed by atoms with Gasteiger partial charge in [-0.25, -0.2) is 4.98 Å². The molecule has 0 radical (unpaired) electrons. The van der Waals surface area contributed by atoms with Crippen molar-refractivity contribution in [3.05, 3.63) is 17.8 Å². The first-order valence-corrected chi connectivity index (χ1v) is 6.06. The number of morpholine rings is 1. The summed E-state index contributed by atoms with van der Waals surface area (Å²) in [5.74, 6) is 0.644. The Kier molecular flexibility index (Phi) is 4.15. The molecule has 2 heterocycles. The van der Waals surface area contributed by atoms with Crippen LogP contribution in [0.5, 0.6) is 5.88 Å². The van der Waals surface area contributed by atoms with Crippen molar-refractivity contribution < 1.29 is 14.3 Å². The maximum absolute atomic E-state index is 11.4. The topological polar surface area (TPSA) is 51.7 Å². The molecule has 18 heavy (non-hydrogen) atoms. The molecule has 5 heteroatoms. The number of anilines is 1. The number of rotatable bonds is 4. The first-order chi connectivity index (χ1) is 8.72. The van der Waals surface area contributed by atoms with Gasteiger partial charge in [0.25, 0.3) is 0 Å². The second-order valence-corrected chi connectivity index (χ2v) is 4.30. The monoisotopic (exact) mass is 250 g/mol. The zero-order valence-corrected chi connectivity index (χ0v) is 10.8. The molecular formula is C13H18N2O3. The fraction of sp³-hybridized carbons (Fsp3) is 0.538. The van der Waals surface area contributed by atoms with E-state index < -0.39 is 0 Å². The molecule has 0 aromatic carbocycles. The number of ketones is 1. The predicted octanol–water partition coefficient (Wildman–Crippen LogP) is 1.06. The van der Waals surface area contributed by atoms with E-state index in [1.54, 1.807) is 20.2 Å². The molecule has 0 N–H and O–H groups in total. The molecule has 0 spiro atoms. The Bertz CT molecular complexity index is 428. The number of carbonyl (C=O) groups is 1. The minimum absolute atomic E-state index is 0.107. The van der Waals surface area contributed by atoms with Gasteiger partial charge in [0.15, 0.2) is 0 Å². The molecule has 1 fully saturated rings. The van der Waals surface area contributed by atoms with Gasteiger partial charge in [0.2, 0.25) is 5.88 Å². The maximum Gasteiger partial charge on any atom is 0.218 e. The number of hydrogen-bond donors (Lipinski definition) is 0. The van der Waals surface area contributed by atoms with Crippen LogP contribution >= 0.6 is 0 Å². The summed E-state index contributed by atoms with van der Waals surface area (Å²) in [6.45, 7) is 4.67. The largest absolute Gasteiger partial charge is 0.481 e. The first-order valence-electron chi connectivity index (χ1n) is 6.06. The summed E-state index contributed by atoms with van der Waals surface area (Å²) in [5, 5.41) is 0. The predicted molar refractivity (Wildman–Crippen MR) is 68.2 cm³/mol. The number of aromatic nitrogens is 1. The Labute approximate surface area is 107 Å². The lowest BCUT2D eigenvalue weighted by Crippen LogP contribution is -2.37. The normalized spacial score (nSPS) is 15.6. The van der Waals surface area contributed by atoms with Crippen molar-refractivity contribution in [3.8, 4) is 5.88 Å². The molecule has 1 saturated heterocycles. The second kappa shape index (κ2) is 5.82. The lowest BCUT2D eigenvalue weighted by Gasteiger charge is -2.30. The lowest BCUT2D eigenvalue weighted by molar-refractivity contribution is -0.116. The van der Waals surface area contributed by atoms with E-state index in [0.29, 0.717) is 25.5 Å². The van der Waals surface area contributed by atoms with E-state index in [1.165, 1.54) is 0 Å². The van der Waals surface area contributed by atoms with E-state index in [9.17, 15) is 4.79 Å². The van der Waals surface area contributed by atoms with Gasteiger partial charge in [-0.1, -0.05) is 0 Å². The van der Waals surface area contributed by atoms with Crippen molar-refractivity contribution in [1.29, 1.82) is 0 Å². The molecule has 0 atom stereocenters. The molecule has 0 amide bonds. The van der Waals surface area contributed by atoms with Crippen LogP contribution in [-0.2, 0) is 16.0 Å². The van der Waals surface area contributed by atoms with Crippen molar-refractivity contribution >= 4 is 11.5 Å². The van der Waals surface area contributed by atoms with Gasteiger partial charge in [-0.05, 0) is 13.0 Å². The van der Waals surface area contributed by atoms with Gasteiger partial charge in [0.1, 0.15) is 5.78 Å². The zero-order chi connectivity index (χ0) is 13.0. The van der Waals surface area contributed by atoms with Gasteiger partial charge in [-0.15, -0.1) is 0 Å². The zero-order valence-electron chi connectivity index (χ0n) is 10.8. The number of Topliss-reactive ketones (excluding diaryl/α,β-unsaturated/α-hetero) is 1. The Hall–Kier alpha value is -1.62. The maximum atomic E-state index is 11.4. The van der Waals surface area contributed by atoms with Gasteiger partial charge >= 0.3 is 0 Å². The number of nitrogens with zero attached hydrogens (tertiary/aromatic N) is 2. The third-order valence-electron chi connectivity index (χ3n) is 2.96. The minimum atomic E-state index is 0.107. The third-order valence-corrected chi connectivity index (χ3v) is 2.96. The Morgan fingerprint density at radius 3 is 2.83 bits per heavy atom. The number of methoxy groups -OCH3 is 1. The van der Waals surface area contributed by atoms with Crippen LogP contribution in [0.25, 0.3) is 0 Å².